The van der Waals surface area contributed by atoms with Crippen molar-refractivity contribution in [1.29, 1.82) is 0 Å². The molecule has 2 fully saturated rings. The first-order valence-electron chi connectivity index (χ1n) is 9.08. The number of likely N-dealkylation sites (tertiary alicyclic amines) is 1. The highest BCUT2D eigenvalue weighted by Crippen LogP contribution is 2.47. The van der Waals surface area contributed by atoms with Gasteiger partial charge in [-0.25, -0.2) is 9.37 Å². The minimum absolute atomic E-state index is 0.0748. The number of anilines is 1. The van der Waals surface area contributed by atoms with E-state index < -0.39 is 0 Å². The Labute approximate surface area is 152 Å². The minimum atomic E-state index is -0.237. The molecule has 4 rings (SSSR count). The quantitative estimate of drug-likeness (QED) is 0.821. The smallest absolute Gasteiger partial charge is 0.292 e. The second kappa shape index (κ2) is 5.83. The molecule has 2 aliphatic rings. The van der Waals surface area contributed by atoms with Crippen LogP contribution in [0, 0.1) is 12.7 Å². The highest BCUT2D eigenvalue weighted by molar-refractivity contribution is 5.93. The number of oxazole rings is 1. The van der Waals surface area contributed by atoms with Gasteiger partial charge < -0.3 is 14.2 Å². The van der Waals surface area contributed by atoms with Gasteiger partial charge in [-0.1, -0.05) is 0 Å². The number of rotatable bonds is 2. The Kier molecular flexibility index (Phi) is 3.82. The molecule has 1 unspecified atom stereocenters. The highest BCUT2D eigenvalue weighted by atomic mass is 19.1. The largest absolute Gasteiger partial charge is 0.438 e. The van der Waals surface area contributed by atoms with Crippen molar-refractivity contribution in [3.8, 4) is 0 Å². The Morgan fingerprint density at radius 1 is 1.27 bits per heavy atom. The van der Waals surface area contributed by atoms with Gasteiger partial charge in [0.2, 0.25) is 5.76 Å². The second-order valence-electron chi connectivity index (χ2n) is 8.10. The lowest BCUT2D eigenvalue weighted by Gasteiger charge is -2.34. The molecule has 138 valence electrons. The zero-order valence-corrected chi connectivity index (χ0v) is 15.5. The number of aromatic nitrogens is 1. The first-order chi connectivity index (χ1) is 12.3. The summed E-state index contributed by atoms with van der Waals surface area (Å²) < 4.78 is 18.7. The topological polar surface area (TPSA) is 49.6 Å². The van der Waals surface area contributed by atoms with E-state index in [9.17, 15) is 9.18 Å². The number of hydrogen-bond acceptors (Lipinski definition) is 4. The molecule has 0 saturated carbocycles. The fraction of sp³-hybridized carbons (Fsp3) is 0.500. The highest BCUT2D eigenvalue weighted by Gasteiger charge is 2.55. The van der Waals surface area contributed by atoms with Gasteiger partial charge in [-0.05, 0) is 64.3 Å². The number of benzene rings is 1. The zero-order valence-electron chi connectivity index (χ0n) is 15.5. The molecule has 0 radical (unpaired) electrons. The number of hydrogen-bond donors (Lipinski definition) is 0. The number of nitrogens with zero attached hydrogens (tertiary/aromatic N) is 3. The number of carbonyl (C=O) groups excluding carboxylic acids is 1. The molecule has 2 aromatic rings. The Morgan fingerprint density at radius 2 is 2.00 bits per heavy atom. The van der Waals surface area contributed by atoms with Crippen molar-refractivity contribution in [2.45, 2.75) is 51.1 Å². The molecule has 2 saturated heterocycles. The van der Waals surface area contributed by atoms with Gasteiger partial charge in [0.15, 0.2) is 6.39 Å². The van der Waals surface area contributed by atoms with E-state index in [0.717, 1.165) is 38.0 Å². The van der Waals surface area contributed by atoms with Crippen LogP contribution in [-0.2, 0) is 0 Å². The Bertz CT molecular complexity index is 830. The summed E-state index contributed by atoms with van der Waals surface area (Å²) >= 11 is 0. The molecular formula is C20H24FN3O2. The molecule has 5 nitrogen and oxygen atoms in total. The van der Waals surface area contributed by atoms with Crippen LogP contribution in [-0.4, -0.2) is 40.0 Å². The molecule has 0 N–H and O–H groups in total. The van der Waals surface area contributed by atoms with Crippen molar-refractivity contribution in [3.05, 3.63) is 47.9 Å². The van der Waals surface area contributed by atoms with Gasteiger partial charge in [-0.2, -0.15) is 0 Å². The molecule has 0 bridgehead atoms. The van der Waals surface area contributed by atoms with Crippen LogP contribution in [0.3, 0.4) is 0 Å². The first-order valence-corrected chi connectivity index (χ1v) is 9.08. The van der Waals surface area contributed by atoms with Gasteiger partial charge in [0.1, 0.15) is 5.82 Å². The standard InChI is InChI=1S/C20H24FN3O2/c1-14-17(26-13-22-14)18(25)23-10-4-9-20(23)11-19(2,3)24(12-20)16-7-5-15(21)6-8-16/h5-8,13H,4,9-12H2,1-3H3. The summed E-state index contributed by atoms with van der Waals surface area (Å²) in [6, 6.07) is 6.62. The van der Waals surface area contributed by atoms with Crippen LogP contribution >= 0.6 is 0 Å². The predicted octanol–water partition coefficient (Wildman–Crippen LogP) is 3.79. The van der Waals surface area contributed by atoms with Crippen LogP contribution in [0.4, 0.5) is 10.1 Å². The Hall–Kier alpha value is -2.37. The first kappa shape index (κ1) is 17.1. The summed E-state index contributed by atoms with van der Waals surface area (Å²) in [6.07, 6.45) is 4.14. The SMILES string of the molecule is Cc1ncoc1C(=O)N1CCCC12CN(c1ccc(F)cc1)C(C)(C)C2. The van der Waals surface area contributed by atoms with E-state index in [1.54, 1.807) is 6.92 Å². The van der Waals surface area contributed by atoms with Crippen LogP contribution in [0.5, 0.6) is 0 Å². The predicted molar refractivity (Wildman–Crippen MR) is 96.7 cm³/mol. The van der Waals surface area contributed by atoms with Crippen LogP contribution in [0.1, 0.15) is 49.4 Å². The molecular weight excluding hydrogens is 333 g/mol. The van der Waals surface area contributed by atoms with E-state index in [1.807, 2.05) is 17.0 Å². The van der Waals surface area contributed by atoms with E-state index in [2.05, 4.69) is 23.7 Å². The van der Waals surface area contributed by atoms with Crippen molar-refractivity contribution in [3.63, 3.8) is 0 Å². The molecule has 1 atom stereocenters. The number of halogens is 1. The van der Waals surface area contributed by atoms with Crippen LogP contribution < -0.4 is 4.90 Å². The third kappa shape index (κ3) is 2.59. The Balaban J connectivity index is 1.66. The van der Waals surface area contributed by atoms with Gasteiger partial charge in [0, 0.05) is 24.3 Å². The molecule has 1 aromatic heterocycles. The summed E-state index contributed by atoms with van der Waals surface area (Å²) in [5, 5.41) is 0. The molecule has 1 amide bonds. The van der Waals surface area contributed by atoms with Crippen molar-refractivity contribution in [2.24, 2.45) is 0 Å². The monoisotopic (exact) mass is 357 g/mol. The van der Waals surface area contributed by atoms with Crippen LogP contribution in [0.2, 0.25) is 0 Å². The summed E-state index contributed by atoms with van der Waals surface area (Å²) in [7, 11) is 0. The summed E-state index contributed by atoms with van der Waals surface area (Å²) in [6.45, 7) is 7.64. The average Bonchev–Trinajstić information content (AvgIpc) is 3.26. The zero-order chi connectivity index (χ0) is 18.5. The van der Waals surface area contributed by atoms with E-state index in [4.69, 9.17) is 4.42 Å². The fourth-order valence-corrected chi connectivity index (χ4v) is 4.76. The number of carbonyl (C=O) groups is 1. The van der Waals surface area contributed by atoms with Gasteiger partial charge in [0.25, 0.3) is 5.91 Å². The van der Waals surface area contributed by atoms with Crippen molar-refractivity contribution in [1.82, 2.24) is 9.88 Å². The maximum atomic E-state index is 13.3. The van der Waals surface area contributed by atoms with E-state index in [1.165, 1.54) is 18.5 Å². The van der Waals surface area contributed by atoms with E-state index >= 15 is 0 Å². The summed E-state index contributed by atoms with van der Waals surface area (Å²) in [4.78, 5) is 21.5. The molecule has 2 aliphatic heterocycles. The minimum Gasteiger partial charge on any atom is -0.438 e. The lowest BCUT2D eigenvalue weighted by Crippen LogP contribution is -2.49. The molecule has 6 heteroatoms. The third-order valence-electron chi connectivity index (χ3n) is 5.86. The van der Waals surface area contributed by atoms with E-state index in [0.29, 0.717) is 11.5 Å². The summed E-state index contributed by atoms with van der Waals surface area (Å²) in [5.41, 5.74) is 1.26. The molecule has 1 spiro atoms. The third-order valence-corrected chi connectivity index (χ3v) is 5.86. The van der Waals surface area contributed by atoms with Crippen molar-refractivity contribution >= 4 is 11.6 Å². The van der Waals surface area contributed by atoms with Gasteiger partial charge in [-0.3, -0.25) is 4.79 Å². The number of aryl methyl sites for hydroxylation is 1. The second-order valence-corrected chi connectivity index (χ2v) is 8.10. The van der Waals surface area contributed by atoms with Gasteiger partial charge in [0.05, 0.1) is 11.2 Å². The average molecular weight is 357 g/mol. The van der Waals surface area contributed by atoms with E-state index in [-0.39, 0.29) is 22.8 Å². The molecule has 1 aromatic carbocycles. The Morgan fingerprint density at radius 3 is 2.65 bits per heavy atom. The summed E-state index contributed by atoms with van der Waals surface area (Å²) in [5.74, 6) is 0.0255. The van der Waals surface area contributed by atoms with Crippen molar-refractivity contribution in [2.75, 3.05) is 18.0 Å². The van der Waals surface area contributed by atoms with Crippen LogP contribution in [0.15, 0.2) is 35.1 Å². The van der Waals surface area contributed by atoms with Crippen molar-refractivity contribution < 1.29 is 13.6 Å². The molecule has 26 heavy (non-hydrogen) atoms. The normalized spacial score (nSPS) is 24.6. The van der Waals surface area contributed by atoms with Crippen LogP contribution in [0.25, 0.3) is 0 Å². The van der Waals surface area contributed by atoms with Gasteiger partial charge >= 0.3 is 0 Å². The maximum Gasteiger partial charge on any atom is 0.292 e. The maximum absolute atomic E-state index is 13.3. The number of amides is 1. The molecule has 0 aliphatic carbocycles. The fourth-order valence-electron chi connectivity index (χ4n) is 4.76. The molecule has 3 heterocycles. The lowest BCUT2D eigenvalue weighted by molar-refractivity contribution is 0.0583. The van der Waals surface area contributed by atoms with Gasteiger partial charge in [-0.15, -0.1) is 0 Å². The lowest BCUT2D eigenvalue weighted by atomic mass is 9.87.